The first-order valence-electron chi connectivity index (χ1n) is 5.26. The molecule has 0 spiro atoms. The lowest BCUT2D eigenvalue weighted by molar-refractivity contribution is 0.0491. The molecule has 0 aromatic heterocycles. The lowest BCUT2D eigenvalue weighted by Gasteiger charge is -2.05. The van der Waals surface area contributed by atoms with Gasteiger partial charge in [-0.3, -0.25) is 0 Å². The highest BCUT2D eigenvalue weighted by molar-refractivity contribution is 14.1. The standard InChI is InChI=1S/C12H15IO3/c1-2-3-8-15-12(14)16-9-10-4-6-11(13)7-5-10/h4-7H,2-3,8-9H2,1H3. The molecule has 0 radical (unpaired) electrons. The number of hydrogen-bond donors (Lipinski definition) is 0. The number of benzene rings is 1. The molecule has 0 N–H and O–H groups in total. The Kier molecular flexibility index (Phi) is 6.22. The van der Waals surface area contributed by atoms with Gasteiger partial charge in [-0.05, 0) is 46.7 Å². The molecular weight excluding hydrogens is 319 g/mol. The van der Waals surface area contributed by atoms with E-state index in [0.29, 0.717) is 6.61 Å². The van der Waals surface area contributed by atoms with E-state index < -0.39 is 6.16 Å². The molecule has 16 heavy (non-hydrogen) atoms. The maximum Gasteiger partial charge on any atom is 0.508 e. The zero-order valence-corrected chi connectivity index (χ0v) is 11.4. The molecular formula is C12H15IO3. The number of carbonyl (C=O) groups is 1. The molecule has 0 aliphatic rings. The Bertz CT molecular complexity index is 322. The van der Waals surface area contributed by atoms with E-state index in [1.54, 1.807) is 0 Å². The van der Waals surface area contributed by atoms with Crippen molar-refractivity contribution in [2.45, 2.75) is 26.4 Å². The Hall–Kier alpha value is -0.780. The minimum Gasteiger partial charge on any atom is -0.434 e. The second-order valence-electron chi connectivity index (χ2n) is 3.37. The van der Waals surface area contributed by atoms with Crippen LogP contribution in [0.3, 0.4) is 0 Å². The molecule has 3 nitrogen and oxygen atoms in total. The second kappa shape index (κ2) is 7.49. The van der Waals surface area contributed by atoms with E-state index in [2.05, 4.69) is 22.6 Å². The fourth-order valence-corrected chi connectivity index (χ4v) is 1.42. The minimum atomic E-state index is -0.591. The van der Waals surface area contributed by atoms with Gasteiger partial charge in [-0.2, -0.15) is 0 Å². The van der Waals surface area contributed by atoms with Gasteiger partial charge in [0.15, 0.2) is 0 Å². The number of ether oxygens (including phenoxy) is 2. The predicted octanol–water partition coefficient (Wildman–Crippen LogP) is 3.74. The molecule has 1 aromatic carbocycles. The molecule has 0 atom stereocenters. The van der Waals surface area contributed by atoms with Crippen LogP contribution in [0, 0.1) is 3.57 Å². The first-order valence-corrected chi connectivity index (χ1v) is 6.34. The lowest BCUT2D eigenvalue weighted by Crippen LogP contribution is -2.08. The molecule has 0 saturated heterocycles. The number of hydrogen-bond acceptors (Lipinski definition) is 3. The number of halogens is 1. The van der Waals surface area contributed by atoms with E-state index in [4.69, 9.17) is 9.47 Å². The highest BCUT2D eigenvalue weighted by Gasteiger charge is 2.03. The lowest BCUT2D eigenvalue weighted by atomic mass is 10.2. The Labute approximate surface area is 109 Å². The summed E-state index contributed by atoms with van der Waals surface area (Å²) in [6.45, 7) is 2.74. The van der Waals surface area contributed by atoms with Crippen LogP contribution in [0.2, 0.25) is 0 Å². The molecule has 0 aliphatic heterocycles. The van der Waals surface area contributed by atoms with Crippen LogP contribution in [-0.2, 0) is 16.1 Å². The highest BCUT2D eigenvalue weighted by atomic mass is 127. The van der Waals surface area contributed by atoms with Crippen LogP contribution in [0.1, 0.15) is 25.3 Å². The summed E-state index contributed by atoms with van der Waals surface area (Å²) in [5.74, 6) is 0. The Morgan fingerprint density at radius 3 is 2.56 bits per heavy atom. The van der Waals surface area contributed by atoms with Gasteiger partial charge >= 0.3 is 6.16 Å². The van der Waals surface area contributed by atoms with Crippen LogP contribution in [0.4, 0.5) is 4.79 Å². The van der Waals surface area contributed by atoms with Gasteiger partial charge in [0.1, 0.15) is 6.61 Å². The monoisotopic (exact) mass is 334 g/mol. The van der Waals surface area contributed by atoms with Crippen LogP contribution in [0.25, 0.3) is 0 Å². The van der Waals surface area contributed by atoms with Gasteiger partial charge in [0.2, 0.25) is 0 Å². The normalized spacial score (nSPS) is 9.88. The summed E-state index contributed by atoms with van der Waals surface area (Å²) in [4.78, 5) is 11.1. The third kappa shape index (κ3) is 5.34. The summed E-state index contributed by atoms with van der Waals surface area (Å²) in [5.41, 5.74) is 0.966. The van der Waals surface area contributed by atoms with Crippen LogP contribution < -0.4 is 0 Å². The van der Waals surface area contributed by atoms with Crippen molar-refractivity contribution in [1.82, 2.24) is 0 Å². The Balaban J connectivity index is 2.23. The SMILES string of the molecule is CCCCOC(=O)OCc1ccc(I)cc1. The van der Waals surface area contributed by atoms with E-state index >= 15 is 0 Å². The van der Waals surface area contributed by atoms with Crippen molar-refractivity contribution in [1.29, 1.82) is 0 Å². The smallest absolute Gasteiger partial charge is 0.434 e. The molecule has 0 amide bonds. The zero-order chi connectivity index (χ0) is 11.8. The van der Waals surface area contributed by atoms with Crippen LogP contribution in [0.5, 0.6) is 0 Å². The van der Waals surface area contributed by atoms with E-state index in [-0.39, 0.29) is 6.61 Å². The van der Waals surface area contributed by atoms with Crippen molar-refractivity contribution < 1.29 is 14.3 Å². The Morgan fingerprint density at radius 1 is 1.25 bits per heavy atom. The minimum absolute atomic E-state index is 0.266. The molecule has 0 aliphatic carbocycles. The van der Waals surface area contributed by atoms with Crippen molar-refractivity contribution in [3.63, 3.8) is 0 Å². The topological polar surface area (TPSA) is 35.5 Å². The van der Waals surface area contributed by atoms with Crippen molar-refractivity contribution in [2.24, 2.45) is 0 Å². The number of carbonyl (C=O) groups excluding carboxylic acids is 1. The van der Waals surface area contributed by atoms with Gasteiger partial charge in [-0.15, -0.1) is 0 Å². The molecule has 0 bridgehead atoms. The summed E-state index contributed by atoms with van der Waals surface area (Å²) in [6.07, 6.45) is 1.29. The van der Waals surface area contributed by atoms with Gasteiger partial charge in [-0.1, -0.05) is 25.5 Å². The highest BCUT2D eigenvalue weighted by Crippen LogP contribution is 2.08. The fraction of sp³-hybridized carbons (Fsp3) is 0.417. The van der Waals surface area contributed by atoms with Crippen molar-refractivity contribution in [3.05, 3.63) is 33.4 Å². The van der Waals surface area contributed by atoms with Gasteiger partial charge in [-0.25, -0.2) is 4.79 Å². The number of unbranched alkanes of at least 4 members (excludes halogenated alkanes) is 1. The largest absolute Gasteiger partial charge is 0.508 e. The van der Waals surface area contributed by atoms with Gasteiger partial charge < -0.3 is 9.47 Å². The predicted molar refractivity (Wildman–Crippen MR) is 70.2 cm³/mol. The van der Waals surface area contributed by atoms with Crippen LogP contribution in [-0.4, -0.2) is 12.8 Å². The van der Waals surface area contributed by atoms with Gasteiger partial charge in [0.25, 0.3) is 0 Å². The summed E-state index contributed by atoms with van der Waals surface area (Å²) in [6, 6.07) is 7.81. The van der Waals surface area contributed by atoms with E-state index in [9.17, 15) is 4.79 Å². The summed E-state index contributed by atoms with van der Waals surface area (Å²) in [7, 11) is 0. The van der Waals surface area contributed by atoms with Crippen LogP contribution >= 0.6 is 22.6 Å². The third-order valence-corrected chi connectivity index (χ3v) is 2.71. The van der Waals surface area contributed by atoms with E-state index in [0.717, 1.165) is 22.0 Å². The summed E-state index contributed by atoms with van der Waals surface area (Å²) in [5, 5.41) is 0. The molecule has 0 fully saturated rings. The maximum absolute atomic E-state index is 11.1. The van der Waals surface area contributed by atoms with Gasteiger partial charge in [0, 0.05) is 3.57 Å². The van der Waals surface area contributed by atoms with Crippen LogP contribution in [0.15, 0.2) is 24.3 Å². The number of rotatable bonds is 5. The molecule has 1 aromatic rings. The second-order valence-corrected chi connectivity index (χ2v) is 4.61. The van der Waals surface area contributed by atoms with E-state index in [1.165, 1.54) is 0 Å². The quantitative estimate of drug-likeness (QED) is 0.467. The third-order valence-electron chi connectivity index (χ3n) is 1.99. The Morgan fingerprint density at radius 2 is 1.94 bits per heavy atom. The fourth-order valence-electron chi connectivity index (χ4n) is 1.06. The molecule has 88 valence electrons. The zero-order valence-electron chi connectivity index (χ0n) is 9.24. The first kappa shape index (κ1) is 13.3. The maximum atomic E-state index is 11.1. The molecule has 0 saturated carbocycles. The first-order chi connectivity index (χ1) is 7.72. The molecule has 0 unspecified atom stereocenters. The van der Waals surface area contributed by atoms with E-state index in [1.807, 2.05) is 31.2 Å². The van der Waals surface area contributed by atoms with Gasteiger partial charge in [0.05, 0.1) is 6.61 Å². The average molecular weight is 334 g/mol. The molecule has 1 rings (SSSR count). The summed E-state index contributed by atoms with van der Waals surface area (Å²) < 4.78 is 11.0. The average Bonchev–Trinajstić information content (AvgIpc) is 2.29. The molecule has 4 heteroatoms. The van der Waals surface area contributed by atoms with Crippen molar-refractivity contribution in [2.75, 3.05) is 6.61 Å². The summed E-state index contributed by atoms with van der Waals surface area (Å²) >= 11 is 2.23. The molecule has 0 heterocycles. The van der Waals surface area contributed by atoms with Crippen molar-refractivity contribution >= 4 is 28.7 Å². The van der Waals surface area contributed by atoms with Crippen molar-refractivity contribution in [3.8, 4) is 0 Å².